The normalized spacial score (nSPS) is 17.5. The molecule has 0 saturated heterocycles. The summed E-state index contributed by atoms with van der Waals surface area (Å²) in [5.41, 5.74) is 2.50. The number of hydrogen-bond donors (Lipinski definition) is 1. The summed E-state index contributed by atoms with van der Waals surface area (Å²) in [6.07, 6.45) is -1.17. The first kappa shape index (κ1) is 23.6. The van der Waals surface area contributed by atoms with Crippen LogP contribution in [-0.2, 0) is 16.1 Å². The van der Waals surface area contributed by atoms with Crippen molar-refractivity contribution in [2.45, 2.75) is 46.5 Å². The largest absolute Gasteiger partial charge is 0.486 e. The molecule has 32 heavy (non-hydrogen) atoms. The second-order valence-electron chi connectivity index (χ2n) is 8.37. The highest BCUT2D eigenvalue weighted by atomic mass is 19.4. The monoisotopic (exact) mass is 452 g/mol. The van der Waals surface area contributed by atoms with Gasteiger partial charge < -0.3 is 19.9 Å². The summed E-state index contributed by atoms with van der Waals surface area (Å²) in [7, 11) is 1.75. The van der Waals surface area contributed by atoms with Crippen molar-refractivity contribution < 1.29 is 27.5 Å². The zero-order valence-corrected chi connectivity index (χ0v) is 18.7. The first-order valence-electron chi connectivity index (χ1n) is 10.3. The van der Waals surface area contributed by atoms with E-state index in [2.05, 4.69) is 10.3 Å². The predicted molar refractivity (Wildman–Crippen MR) is 112 cm³/mol. The number of ether oxygens (including phenoxy) is 1. The Kier molecular flexibility index (Phi) is 6.52. The van der Waals surface area contributed by atoms with Gasteiger partial charge >= 0.3 is 6.18 Å². The molecule has 3 heterocycles. The van der Waals surface area contributed by atoms with Gasteiger partial charge in [0.2, 0.25) is 5.91 Å². The maximum Gasteiger partial charge on any atom is 0.422 e. The summed E-state index contributed by atoms with van der Waals surface area (Å²) in [4.78, 5) is 32.9. The standard InChI is InChI=1S/C22H27F3N4O3/c1-12(2)20(30)27-19-16-9-29(21(31)15(16)6-7-26-19)14(4)17-8-13(3)18(10-28(17)5)32-11-22(23,24)25/h6-8,12,14H,9-11H2,1-5H3,(H,26,27,30). The number of carbonyl (C=O) groups excluding carboxylic acids is 2. The minimum atomic E-state index is -4.41. The number of allylic oxidation sites excluding steroid dienone is 2. The number of aromatic nitrogens is 1. The van der Waals surface area contributed by atoms with E-state index in [1.807, 2.05) is 6.92 Å². The van der Waals surface area contributed by atoms with Crippen LogP contribution >= 0.6 is 0 Å². The van der Waals surface area contributed by atoms with Crippen LogP contribution in [0.3, 0.4) is 0 Å². The van der Waals surface area contributed by atoms with Gasteiger partial charge in [-0.2, -0.15) is 13.2 Å². The average Bonchev–Trinajstić information content (AvgIpc) is 3.05. The van der Waals surface area contributed by atoms with Crippen LogP contribution in [0.5, 0.6) is 0 Å². The van der Waals surface area contributed by atoms with Crippen molar-refractivity contribution in [3.05, 3.63) is 46.5 Å². The van der Waals surface area contributed by atoms with E-state index < -0.39 is 12.8 Å². The maximum atomic E-state index is 13.1. The molecule has 3 rings (SSSR count). The van der Waals surface area contributed by atoms with Crippen molar-refractivity contribution in [2.24, 2.45) is 5.92 Å². The molecule has 1 N–H and O–H groups in total. The molecule has 2 amide bonds. The summed E-state index contributed by atoms with van der Waals surface area (Å²) in [5.74, 6) is 0.00917. The highest BCUT2D eigenvalue weighted by molar-refractivity contribution is 6.01. The molecule has 1 aromatic rings. The molecular weight excluding hydrogens is 425 g/mol. The van der Waals surface area contributed by atoms with Crippen LogP contribution in [0.4, 0.5) is 19.0 Å². The van der Waals surface area contributed by atoms with Gasteiger partial charge in [0.05, 0.1) is 19.1 Å². The number of hydrogen-bond acceptors (Lipinski definition) is 5. The van der Waals surface area contributed by atoms with Gasteiger partial charge in [-0.1, -0.05) is 13.8 Å². The Hall–Kier alpha value is -3.04. The number of anilines is 1. The van der Waals surface area contributed by atoms with E-state index in [1.165, 1.54) is 6.20 Å². The van der Waals surface area contributed by atoms with Gasteiger partial charge in [-0.3, -0.25) is 9.59 Å². The molecule has 0 aromatic carbocycles. The van der Waals surface area contributed by atoms with Gasteiger partial charge in [0.15, 0.2) is 6.61 Å². The maximum absolute atomic E-state index is 13.1. The Balaban J connectivity index is 1.82. The van der Waals surface area contributed by atoms with Crippen molar-refractivity contribution >= 4 is 17.6 Å². The van der Waals surface area contributed by atoms with Gasteiger partial charge in [0, 0.05) is 36.0 Å². The van der Waals surface area contributed by atoms with Crippen molar-refractivity contribution in [1.82, 2.24) is 14.8 Å². The first-order chi connectivity index (χ1) is 14.9. The van der Waals surface area contributed by atoms with Crippen molar-refractivity contribution in [2.75, 3.05) is 25.5 Å². The molecule has 0 spiro atoms. The molecule has 1 atom stereocenters. The summed E-state index contributed by atoms with van der Waals surface area (Å²) in [6, 6.07) is 1.27. The fourth-order valence-corrected chi connectivity index (χ4v) is 3.70. The van der Waals surface area contributed by atoms with Gasteiger partial charge in [-0.15, -0.1) is 0 Å². The van der Waals surface area contributed by atoms with E-state index in [1.54, 1.807) is 49.8 Å². The molecule has 2 aliphatic heterocycles. The molecule has 2 aliphatic rings. The SMILES string of the molecule is CC1=C(OCC(F)(F)F)CN(C)C(C(C)N2Cc3c(ccnc3NC(=O)C(C)C)C2=O)=C1. The molecule has 0 bridgehead atoms. The third-order valence-electron chi connectivity index (χ3n) is 5.57. The van der Waals surface area contributed by atoms with Crippen LogP contribution in [0.1, 0.15) is 43.6 Å². The Labute approximate surface area is 184 Å². The average molecular weight is 452 g/mol. The van der Waals surface area contributed by atoms with E-state index in [9.17, 15) is 22.8 Å². The van der Waals surface area contributed by atoms with E-state index >= 15 is 0 Å². The molecule has 0 fully saturated rings. The first-order valence-corrected chi connectivity index (χ1v) is 10.3. The lowest BCUT2D eigenvalue weighted by Gasteiger charge is -2.36. The van der Waals surface area contributed by atoms with Crippen LogP contribution in [0, 0.1) is 5.92 Å². The lowest BCUT2D eigenvalue weighted by Crippen LogP contribution is -2.41. The number of nitrogens with one attached hydrogen (secondary N) is 1. The zero-order valence-electron chi connectivity index (χ0n) is 18.7. The van der Waals surface area contributed by atoms with Gasteiger partial charge in [-0.05, 0) is 31.6 Å². The number of carbonyl (C=O) groups is 2. The quantitative estimate of drug-likeness (QED) is 0.713. The molecule has 174 valence electrons. The number of rotatable bonds is 6. The smallest absolute Gasteiger partial charge is 0.422 e. The third kappa shape index (κ3) is 4.89. The molecular formula is C22H27F3N4O3. The molecule has 1 unspecified atom stereocenters. The Morgan fingerprint density at radius 1 is 1.28 bits per heavy atom. The lowest BCUT2D eigenvalue weighted by molar-refractivity contribution is -0.165. The summed E-state index contributed by atoms with van der Waals surface area (Å²) >= 11 is 0. The number of amides is 2. The van der Waals surface area contributed by atoms with Crippen molar-refractivity contribution in [3.63, 3.8) is 0 Å². The molecule has 7 nitrogen and oxygen atoms in total. The third-order valence-corrected chi connectivity index (χ3v) is 5.57. The molecule has 0 saturated carbocycles. The van der Waals surface area contributed by atoms with E-state index in [0.717, 1.165) is 5.70 Å². The Morgan fingerprint density at radius 2 is 1.97 bits per heavy atom. The minimum Gasteiger partial charge on any atom is -0.486 e. The molecule has 0 aliphatic carbocycles. The van der Waals surface area contributed by atoms with Crippen LogP contribution in [0.2, 0.25) is 0 Å². The van der Waals surface area contributed by atoms with Gasteiger partial charge in [-0.25, -0.2) is 4.98 Å². The second kappa shape index (κ2) is 8.84. The summed E-state index contributed by atoms with van der Waals surface area (Å²) in [5, 5.41) is 2.78. The van der Waals surface area contributed by atoms with Gasteiger partial charge in [0.25, 0.3) is 5.91 Å². The fraction of sp³-hybridized carbons (Fsp3) is 0.500. The number of nitrogens with zero attached hydrogens (tertiary/aromatic N) is 3. The second-order valence-corrected chi connectivity index (χ2v) is 8.37. The number of alkyl halides is 3. The molecule has 0 radical (unpaired) electrons. The summed E-state index contributed by atoms with van der Waals surface area (Å²) in [6.45, 7) is 6.19. The zero-order chi connectivity index (χ0) is 23.8. The van der Waals surface area contributed by atoms with E-state index in [0.29, 0.717) is 22.5 Å². The van der Waals surface area contributed by atoms with E-state index in [4.69, 9.17) is 4.74 Å². The van der Waals surface area contributed by atoms with Crippen LogP contribution in [0.15, 0.2) is 35.4 Å². The van der Waals surface area contributed by atoms with Crippen LogP contribution < -0.4 is 5.32 Å². The van der Waals surface area contributed by atoms with Crippen LogP contribution in [-0.4, -0.2) is 59.0 Å². The number of pyridine rings is 1. The van der Waals surface area contributed by atoms with Crippen LogP contribution in [0.25, 0.3) is 0 Å². The minimum absolute atomic E-state index is 0.171. The molecule has 10 heteroatoms. The van der Waals surface area contributed by atoms with Gasteiger partial charge in [0.1, 0.15) is 11.6 Å². The predicted octanol–water partition coefficient (Wildman–Crippen LogP) is 3.70. The summed E-state index contributed by atoms with van der Waals surface area (Å²) < 4.78 is 42.5. The number of halogens is 3. The highest BCUT2D eigenvalue weighted by Gasteiger charge is 2.37. The molecule has 1 aromatic heterocycles. The lowest BCUT2D eigenvalue weighted by atomic mass is 10.0. The highest BCUT2D eigenvalue weighted by Crippen LogP contribution is 2.33. The Morgan fingerprint density at radius 3 is 2.59 bits per heavy atom. The van der Waals surface area contributed by atoms with Crippen molar-refractivity contribution in [3.8, 4) is 0 Å². The Bertz CT molecular complexity index is 985. The van der Waals surface area contributed by atoms with Crippen molar-refractivity contribution in [1.29, 1.82) is 0 Å². The number of likely N-dealkylation sites (N-methyl/N-ethyl adjacent to an activating group) is 1. The topological polar surface area (TPSA) is 74.8 Å². The fourth-order valence-electron chi connectivity index (χ4n) is 3.70. The number of fused-ring (bicyclic) bond motifs is 1. The van der Waals surface area contributed by atoms with E-state index in [-0.39, 0.29) is 42.6 Å².